The number of rotatable bonds is 4. The number of hydrogen-bond acceptors (Lipinski definition) is 3. The van der Waals surface area contributed by atoms with E-state index >= 15 is 0 Å². The normalized spacial score (nSPS) is 12.9. The summed E-state index contributed by atoms with van der Waals surface area (Å²) >= 11 is 1.72. The highest BCUT2D eigenvalue weighted by atomic mass is 32.1. The van der Waals surface area contributed by atoms with Gasteiger partial charge in [-0.2, -0.15) is 11.3 Å². The molecular weight excluding hydrogens is 270 g/mol. The Bertz CT molecular complexity index is 784. The van der Waals surface area contributed by atoms with Crippen molar-refractivity contribution in [3.63, 3.8) is 0 Å². The lowest BCUT2D eigenvalue weighted by Crippen LogP contribution is -2.22. The summed E-state index contributed by atoms with van der Waals surface area (Å²) in [7, 11) is 0. The van der Waals surface area contributed by atoms with E-state index in [1.165, 1.54) is 11.1 Å². The second kappa shape index (κ2) is 5.26. The molecule has 3 rings (SSSR count). The molecule has 4 nitrogen and oxygen atoms in total. The molecule has 1 aromatic carbocycles. The van der Waals surface area contributed by atoms with E-state index in [1.54, 1.807) is 11.3 Å². The number of benzene rings is 1. The van der Waals surface area contributed by atoms with Crippen LogP contribution in [-0.4, -0.2) is 16.5 Å². The van der Waals surface area contributed by atoms with Gasteiger partial charge in [-0.3, -0.25) is 0 Å². The van der Waals surface area contributed by atoms with Crippen LogP contribution >= 0.6 is 11.3 Å². The van der Waals surface area contributed by atoms with Crippen LogP contribution < -0.4 is 11.0 Å². The summed E-state index contributed by atoms with van der Waals surface area (Å²) < 4.78 is 0. The second-order valence-electron chi connectivity index (χ2n) is 4.88. The lowest BCUT2D eigenvalue weighted by molar-refractivity contribution is 0.630. The number of H-pyrrole nitrogens is 2. The SMILES string of the molecule is CCNC(c1ccc2[nH]c(=O)[nH]c2c1)c1cscc1C. The number of aromatic nitrogens is 2. The van der Waals surface area contributed by atoms with Crippen LogP contribution in [0.3, 0.4) is 0 Å². The van der Waals surface area contributed by atoms with Crippen LogP contribution in [0.5, 0.6) is 0 Å². The number of aryl methyl sites for hydroxylation is 1. The van der Waals surface area contributed by atoms with Gasteiger partial charge in [0.15, 0.2) is 0 Å². The number of hydrogen-bond donors (Lipinski definition) is 3. The molecule has 0 radical (unpaired) electrons. The Hall–Kier alpha value is -1.85. The fourth-order valence-corrected chi connectivity index (χ4v) is 3.38. The lowest BCUT2D eigenvalue weighted by Gasteiger charge is -2.18. The molecule has 3 N–H and O–H groups in total. The first-order valence-corrected chi connectivity index (χ1v) is 7.61. The average Bonchev–Trinajstić information content (AvgIpc) is 3.00. The van der Waals surface area contributed by atoms with Crippen LogP contribution in [0.1, 0.15) is 29.7 Å². The third kappa shape index (κ3) is 2.30. The van der Waals surface area contributed by atoms with Crippen molar-refractivity contribution in [3.8, 4) is 0 Å². The number of nitrogens with one attached hydrogen (secondary N) is 3. The van der Waals surface area contributed by atoms with E-state index in [1.807, 2.05) is 12.1 Å². The van der Waals surface area contributed by atoms with Gasteiger partial charge in [-0.1, -0.05) is 13.0 Å². The van der Waals surface area contributed by atoms with Crippen molar-refractivity contribution < 1.29 is 0 Å². The molecule has 0 saturated carbocycles. The molecule has 0 amide bonds. The van der Waals surface area contributed by atoms with E-state index in [0.29, 0.717) is 0 Å². The molecule has 5 heteroatoms. The number of imidazole rings is 1. The maximum atomic E-state index is 11.4. The molecule has 3 aromatic rings. The van der Waals surface area contributed by atoms with Crippen LogP contribution in [0, 0.1) is 6.92 Å². The molecule has 2 aromatic heterocycles. The van der Waals surface area contributed by atoms with Crippen LogP contribution in [0.25, 0.3) is 11.0 Å². The molecule has 104 valence electrons. The Morgan fingerprint density at radius 1 is 1.25 bits per heavy atom. The molecule has 0 aliphatic rings. The molecule has 20 heavy (non-hydrogen) atoms. The van der Waals surface area contributed by atoms with E-state index in [9.17, 15) is 4.79 Å². The maximum Gasteiger partial charge on any atom is 0.323 e. The molecule has 2 heterocycles. The Balaban J connectivity index is 2.09. The van der Waals surface area contributed by atoms with Gasteiger partial charge in [0, 0.05) is 0 Å². The molecule has 1 unspecified atom stereocenters. The summed E-state index contributed by atoms with van der Waals surface area (Å²) in [5.41, 5.74) is 5.29. The zero-order valence-electron chi connectivity index (χ0n) is 11.5. The van der Waals surface area contributed by atoms with Crippen LogP contribution in [0.2, 0.25) is 0 Å². The zero-order valence-corrected chi connectivity index (χ0v) is 12.3. The number of aromatic amines is 2. The summed E-state index contributed by atoms with van der Waals surface area (Å²) in [6.45, 7) is 5.12. The minimum Gasteiger partial charge on any atom is -0.306 e. The summed E-state index contributed by atoms with van der Waals surface area (Å²) in [5, 5.41) is 7.87. The maximum absolute atomic E-state index is 11.4. The second-order valence-corrected chi connectivity index (χ2v) is 5.63. The number of fused-ring (bicyclic) bond motifs is 1. The minimum absolute atomic E-state index is 0.161. The van der Waals surface area contributed by atoms with E-state index in [2.05, 4.69) is 46.0 Å². The molecule has 0 bridgehead atoms. The Labute approximate surface area is 120 Å². The summed E-state index contributed by atoms with van der Waals surface area (Å²) in [5.74, 6) is 0. The van der Waals surface area contributed by atoms with E-state index in [-0.39, 0.29) is 11.7 Å². The standard InChI is InChI=1S/C15H17N3OS/c1-3-16-14(11-8-20-7-9(11)2)10-4-5-12-13(6-10)18-15(19)17-12/h4-8,14,16H,3H2,1-2H3,(H2,17,18,19). The molecule has 0 aliphatic heterocycles. The molecule has 0 spiro atoms. The van der Waals surface area contributed by atoms with Gasteiger partial charge in [0.2, 0.25) is 0 Å². The molecule has 1 atom stereocenters. The molecule has 0 saturated heterocycles. The fourth-order valence-electron chi connectivity index (χ4n) is 2.51. The predicted molar refractivity (Wildman–Crippen MR) is 83.5 cm³/mol. The van der Waals surface area contributed by atoms with Gasteiger partial charge in [0.1, 0.15) is 0 Å². The van der Waals surface area contributed by atoms with Gasteiger partial charge < -0.3 is 15.3 Å². The van der Waals surface area contributed by atoms with Gasteiger partial charge in [0.25, 0.3) is 0 Å². The summed E-state index contributed by atoms with van der Waals surface area (Å²) in [4.78, 5) is 16.9. The van der Waals surface area contributed by atoms with Crippen LogP contribution in [0.15, 0.2) is 33.8 Å². The van der Waals surface area contributed by atoms with Crippen LogP contribution in [-0.2, 0) is 0 Å². The van der Waals surface area contributed by atoms with Gasteiger partial charge >= 0.3 is 5.69 Å². The summed E-state index contributed by atoms with van der Waals surface area (Å²) in [6, 6.07) is 6.22. The van der Waals surface area contributed by atoms with Crippen molar-refractivity contribution >= 4 is 22.4 Å². The van der Waals surface area contributed by atoms with Crippen molar-refractivity contribution in [3.05, 3.63) is 56.1 Å². The monoisotopic (exact) mass is 287 g/mol. The molecular formula is C15H17N3OS. The third-order valence-corrected chi connectivity index (χ3v) is 4.37. The highest BCUT2D eigenvalue weighted by molar-refractivity contribution is 7.08. The molecule has 0 aliphatic carbocycles. The fraction of sp³-hybridized carbons (Fsp3) is 0.267. The first-order valence-electron chi connectivity index (χ1n) is 6.67. The molecule has 0 fully saturated rings. The van der Waals surface area contributed by atoms with Crippen molar-refractivity contribution in [1.82, 2.24) is 15.3 Å². The van der Waals surface area contributed by atoms with Crippen molar-refractivity contribution in [2.24, 2.45) is 0 Å². The first-order chi connectivity index (χ1) is 9.69. The Kier molecular flexibility index (Phi) is 3.46. The van der Waals surface area contributed by atoms with E-state index in [0.717, 1.165) is 23.1 Å². The highest BCUT2D eigenvalue weighted by Gasteiger charge is 2.16. The van der Waals surface area contributed by atoms with E-state index < -0.39 is 0 Å². The Morgan fingerprint density at radius 2 is 2.05 bits per heavy atom. The van der Waals surface area contributed by atoms with Crippen molar-refractivity contribution in [2.45, 2.75) is 19.9 Å². The predicted octanol–water partition coefficient (Wildman–Crippen LogP) is 2.93. The largest absolute Gasteiger partial charge is 0.323 e. The highest BCUT2D eigenvalue weighted by Crippen LogP contribution is 2.28. The summed E-state index contributed by atoms with van der Waals surface area (Å²) in [6.07, 6.45) is 0. The Morgan fingerprint density at radius 3 is 2.75 bits per heavy atom. The third-order valence-electron chi connectivity index (χ3n) is 3.49. The van der Waals surface area contributed by atoms with Gasteiger partial charge in [-0.25, -0.2) is 4.79 Å². The van der Waals surface area contributed by atoms with Crippen LogP contribution in [0.4, 0.5) is 0 Å². The van der Waals surface area contributed by atoms with Gasteiger partial charge in [-0.15, -0.1) is 0 Å². The number of thiophene rings is 1. The topological polar surface area (TPSA) is 60.7 Å². The quantitative estimate of drug-likeness (QED) is 0.691. The minimum atomic E-state index is -0.163. The van der Waals surface area contributed by atoms with Crippen molar-refractivity contribution in [2.75, 3.05) is 6.54 Å². The van der Waals surface area contributed by atoms with Crippen molar-refractivity contribution in [1.29, 1.82) is 0 Å². The van der Waals surface area contributed by atoms with E-state index in [4.69, 9.17) is 0 Å². The average molecular weight is 287 g/mol. The first kappa shape index (κ1) is 13.1. The zero-order chi connectivity index (χ0) is 14.1. The lowest BCUT2D eigenvalue weighted by atomic mass is 9.98. The van der Waals surface area contributed by atoms with Gasteiger partial charge in [-0.05, 0) is 53.1 Å². The van der Waals surface area contributed by atoms with Gasteiger partial charge in [0.05, 0.1) is 17.1 Å². The smallest absolute Gasteiger partial charge is 0.306 e.